The first-order valence-electron chi connectivity index (χ1n) is 7.67. The fourth-order valence-electron chi connectivity index (χ4n) is 2.10. The fraction of sp³-hybridized carbons (Fsp3) is 0.316. The van der Waals surface area contributed by atoms with Crippen LogP contribution in [0.2, 0.25) is 0 Å². The molecule has 0 atom stereocenters. The average molecular weight is 312 g/mol. The molecule has 0 saturated heterocycles. The summed E-state index contributed by atoms with van der Waals surface area (Å²) in [6.45, 7) is 9.81. The first kappa shape index (κ1) is 16.9. The van der Waals surface area contributed by atoms with Gasteiger partial charge in [-0.15, -0.1) is 0 Å². The third kappa shape index (κ3) is 5.33. The van der Waals surface area contributed by atoms with Gasteiger partial charge in [-0.2, -0.15) is 0 Å². The van der Waals surface area contributed by atoms with Crippen LogP contribution in [0.5, 0.6) is 11.5 Å². The minimum absolute atomic E-state index is 0.233. The molecule has 0 heterocycles. The quantitative estimate of drug-likeness (QED) is 0.836. The summed E-state index contributed by atoms with van der Waals surface area (Å²) in [7, 11) is 0. The molecule has 4 nitrogen and oxygen atoms in total. The molecule has 0 saturated carbocycles. The third-order valence-electron chi connectivity index (χ3n) is 3.15. The lowest BCUT2D eigenvalue weighted by atomic mass is 10.1. The van der Waals surface area contributed by atoms with E-state index in [9.17, 15) is 4.79 Å². The Hall–Kier alpha value is -2.49. The summed E-state index contributed by atoms with van der Waals surface area (Å²) in [4.78, 5) is 12.0. The lowest BCUT2D eigenvalue weighted by molar-refractivity contribution is 0.244. The summed E-state index contributed by atoms with van der Waals surface area (Å²) in [5.74, 6) is 1.51. The number of aryl methyl sites for hydroxylation is 2. The van der Waals surface area contributed by atoms with Crippen LogP contribution in [0.4, 0.5) is 10.5 Å². The maximum Gasteiger partial charge on any atom is 0.319 e. The van der Waals surface area contributed by atoms with E-state index in [1.165, 1.54) is 0 Å². The molecule has 0 radical (unpaired) electrons. The van der Waals surface area contributed by atoms with Crippen LogP contribution >= 0.6 is 0 Å². The number of hydrogen-bond acceptors (Lipinski definition) is 2. The first-order chi connectivity index (χ1) is 10.7. The van der Waals surface area contributed by atoms with Crippen molar-refractivity contribution in [3.63, 3.8) is 0 Å². The van der Waals surface area contributed by atoms with Gasteiger partial charge in [-0.1, -0.05) is 18.2 Å². The van der Waals surface area contributed by atoms with E-state index >= 15 is 0 Å². The number of nitrogens with one attached hydrogen (secondary N) is 2. The summed E-state index contributed by atoms with van der Waals surface area (Å²) >= 11 is 0. The molecule has 0 unspecified atom stereocenters. The highest BCUT2D eigenvalue weighted by Gasteiger charge is 2.14. The normalized spacial score (nSPS) is 11.0. The Bertz CT molecular complexity index is 703. The van der Waals surface area contributed by atoms with E-state index < -0.39 is 0 Å². The molecule has 4 heteroatoms. The van der Waals surface area contributed by atoms with Gasteiger partial charge < -0.3 is 15.4 Å². The molecule has 2 rings (SSSR count). The lowest BCUT2D eigenvalue weighted by Crippen LogP contribution is -2.43. The van der Waals surface area contributed by atoms with Crippen LogP contribution in [0.1, 0.15) is 31.9 Å². The maximum absolute atomic E-state index is 12.0. The molecule has 0 bridgehead atoms. The van der Waals surface area contributed by atoms with Gasteiger partial charge >= 0.3 is 6.03 Å². The van der Waals surface area contributed by atoms with Crippen LogP contribution in [0.15, 0.2) is 42.5 Å². The predicted molar refractivity (Wildman–Crippen MR) is 94.3 cm³/mol. The lowest BCUT2D eigenvalue weighted by Gasteiger charge is -2.21. The molecule has 0 aliphatic rings. The number of rotatable bonds is 3. The van der Waals surface area contributed by atoms with Crippen molar-refractivity contribution >= 4 is 11.7 Å². The van der Waals surface area contributed by atoms with Crippen LogP contribution in [-0.2, 0) is 0 Å². The number of anilines is 1. The Morgan fingerprint density at radius 2 is 1.78 bits per heavy atom. The Morgan fingerprint density at radius 1 is 1.04 bits per heavy atom. The van der Waals surface area contributed by atoms with Crippen LogP contribution in [0.25, 0.3) is 0 Å². The zero-order valence-corrected chi connectivity index (χ0v) is 14.4. The van der Waals surface area contributed by atoms with Crippen LogP contribution in [-0.4, -0.2) is 11.6 Å². The number of ether oxygens (including phenoxy) is 1. The standard InChI is InChI=1S/C19H24N2O2/c1-13-7-6-8-16(11-13)23-17-12-15(10-9-14(17)2)20-18(22)21-19(3,4)5/h6-12H,1-5H3,(H2,20,21,22). The third-order valence-corrected chi connectivity index (χ3v) is 3.15. The van der Waals surface area contributed by atoms with E-state index in [2.05, 4.69) is 10.6 Å². The van der Waals surface area contributed by atoms with Gasteiger partial charge in [0.15, 0.2) is 0 Å². The molecular formula is C19H24N2O2. The van der Waals surface area contributed by atoms with Crippen LogP contribution in [0, 0.1) is 13.8 Å². The molecule has 0 spiro atoms. The molecule has 2 aromatic rings. The first-order valence-corrected chi connectivity index (χ1v) is 7.67. The Kier molecular flexibility index (Phi) is 4.94. The van der Waals surface area contributed by atoms with Crippen LogP contribution < -0.4 is 15.4 Å². The Morgan fingerprint density at radius 3 is 2.43 bits per heavy atom. The van der Waals surface area contributed by atoms with Gasteiger partial charge in [0.05, 0.1) is 0 Å². The molecule has 2 amide bonds. The second kappa shape index (κ2) is 6.73. The largest absolute Gasteiger partial charge is 0.457 e. The average Bonchev–Trinajstić information content (AvgIpc) is 2.40. The van der Waals surface area contributed by atoms with Crippen LogP contribution in [0.3, 0.4) is 0 Å². The number of amides is 2. The molecule has 0 aliphatic heterocycles. The summed E-state index contributed by atoms with van der Waals surface area (Å²) in [6, 6.07) is 13.3. The molecule has 0 fully saturated rings. The summed E-state index contributed by atoms with van der Waals surface area (Å²) in [5.41, 5.74) is 2.56. The van der Waals surface area contributed by atoms with Gasteiger partial charge in [-0.25, -0.2) is 4.79 Å². The van der Waals surface area contributed by atoms with Crippen molar-refractivity contribution in [1.29, 1.82) is 0 Å². The molecular weight excluding hydrogens is 288 g/mol. The number of benzene rings is 2. The molecule has 0 aromatic heterocycles. The van der Waals surface area contributed by atoms with Gasteiger partial charge in [0.25, 0.3) is 0 Å². The molecule has 2 N–H and O–H groups in total. The van der Waals surface area contributed by atoms with E-state index in [1.807, 2.05) is 77.1 Å². The molecule has 2 aromatic carbocycles. The second-order valence-electron chi connectivity index (χ2n) is 6.73. The van der Waals surface area contributed by atoms with Crippen molar-refractivity contribution < 1.29 is 9.53 Å². The van der Waals surface area contributed by atoms with Crippen molar-refractivity contribution in [3.8, 4) is 11.5 Å². The highest BCUT2D eigenvalue weighted by molar-refractivity contribution is 5.90. The van der Waals surface area contributed by atoms with E-state index in [-0.39, 0.29) is 11.6 Å². The van der Waals surface area contributed by atoms with Gasteiger partial charge in [0.2, 0.25) is 0 Å². The van der Waals surface area contributed by atoms with Gasteiger partial charge in [0, 0.05) is 17.3 Å². The minimum atomic E-state index is -0.282. The van der Waals surface area contributed by atoms with Crippen molar-refractivity contribution in [3.05, 3.63) is 53.6 Å². The number of urea groups is 1. The Labute approximate surface area is 137 Å². The Balaban J connectivity index is 2.14. The summed E-state index contributed by atoms with van der Waals surface area (Å²) in [6.07, 6.45) is 0. The second-order valence-corrected chi connectivity index (χ2v) is 6.73. The summed E-state index contributed by atoms with van der Waals surface area (Å²) in [5, 5.41) is 5.70. The minimum Gasteiger partial charge on any atom is -0.457 e. The van der Waals surface area contributed by atoms with E-state index in [1.54, 1.807) is 0 Å². The molecule has 0 aliphatic carbocycles. The summed E-state index contributed by atoms with van der Waals surface area (Å²) < 4.78 is 5.94. The predicted octanol–water partition coefficient (Wildman–Crippen LogP) is 5.02. The van der Waals surface area contributed by atoms with Gasteiger partial charge in [-0.05, 0) is 63.9 Å². The highest BCUT2D eigenvalue weighted by Crippen LogP contribution is 2.28. The van der Waals surface area contributed by atoms with Gasteiger partial charge in [-0.3, -0.25) is 0 Å². The van der Waals surface area contributed by atoms with E-state index in [0.29, 0.717) is 5.69 Å². The van der Waals surface area contributed by atoms with Gasteiger partial charge in [0.1, 0.15) is 11.5 Å². The smallest absolute Gasteiger partial charge is 0.319 e. The highest BCUT2D eigenvalue weighted by atomic mass is 16.5. The number of hydrogen-bond donors (Lipinski definition) is 2. The maximum atomic E-state index is 12.0. The van der Waals surface area contributed by atoms with Crippen molar-refractivity contribution in [2.45, 2.75) is 40.2 Å². The van der Waals surface area contributed by atoms with Crippen molar-refractivity contribution in [2.24, 2.45) is 0 Å². The zero-order chi connectivity index (χ0) is 17.0. The topological polar surface area (TPSA) is 50.4 Å². The van der Waals surface area contributed by atoms with E-state index in [0.717, 1.165) is 22.6 Å². The number of carbonyl (C=O) groups excluding carboxylic acids is 1. The van der Waals surface area contributed by atoms with Crippen molar-refractivity contribution in [2.75, 3.05) is 5.32 Å². The monoisotopic (exact) mass is 312 g/mol. The van der Waals surface area contributed by atoms with Crippen molar-refractivity contribution in [1.82, 2.24) is 5.32 Å². The molecule has 122 valence electrons. The SMILES string of the molecule is Cc1cccc(Oc2cc(NC(=O)NC(C)(C)C)ccc2C)c1. The van der Waals surface area contributed by atoms with E-state index in [4.69, 9.17) is 4.74 Å². The fourth-order valence-corrected chi connectivity index (χ4v) is 2.10. The molecule has 23 heavy (non-hydrogen) atoms. The number of carbonyl (C=O) groups is 1. The zero-order valence-electron chi connectivity index (χ0n) is 14.4.